The van der Waals surface area contributed by atoms with Crippen LogP contribution in [0.3, 0.4) is 0 Å². The van der Waals surface area contributed by atoms with E-state index in [2.05, 4.69) is 15.6 Å². The molecule has 1 heterocycles. The highest BCUT2D eigenvalue weighted by Gasteiger charge is 2.12. The molecule has 0 aliphatic carbocycles. The van der Waals surface area contributed by atoms with E-state index in [1.54, 1.807) is 6.92 Å². The molecule has 0 atom stereocenters. The number of nitrogens with zero attached hydrogens (tertiary/aromatic N) is 3. The maximum absolute atomic E-state index is 12.0. The third kappa shape index (κ3) is 4.19. The number of carbonyl (C=O) groups excluding carboxylic acids is 2. The van der Waals surface area contributed by atoms with Crippen molar-refractivity contribution in [2.75, 3.05) is 11.9 Å². The maximum Gasteiger partial charge on any atom is 0.327 e. The Morgan fingerprint density at radius 1 is 1.32 bits per heavy atom. The Morgan fingerprint density at radius 2 is 2.09 bits per heavy atom. The van der Waals surface area contributed by atoms with Crippen LogP contribution < -0.4 is 5.32 Å². The van der Waals surface area contributed by atoms with Crippen molar-refractivity contribution in [2.24, 2.45) is 0 Å². The van der Waals surface area contributed by atoms with E-state index in [0.29, 0.717) is 10.6 Å². The van der Waals surface area contributed by atoms with Crippen LogP contribution in [0.15, 0.2) is 24.4 Å². The molecule has 0 radical (unpaired) electrons. The van der Waals surface area contributed by atoms with Crippen molar-refractivity contribution in [2.45, 2.75) is 13.5 Å². The summed E-state index contributed by atoms with van der Waals surface area (Å²) in [6.45, 7) is 1.92. The minimum atomic E-state index is -0.435. The first-order valence-electron chi connectivity index (χ1n) is 6.31. The lowest BCUT2D eigenvalue weighted by atomic mass is 10.2. The summed E-state index contributed by atoms with van der Waals surface area (Å²) in [5, 5.41) is 10.7. The van der Waals surface area contributed by atoms with Crippen LogP contribution in [0, 0.1) is 0 Å². The number of anilines is 1. The minimum Gasteiger partial charge on any atom is -0.465 e. The van der Waals surface area contributed by atoms with Gasteiger partial charge in [-0.25, -0.2) is 4.68 Å². The number of amides is 1. The molecule has 0 saturated heterocycles. The fourth-order valence-corrected chi connectivity index (χ4v) is 1.90. The van der Waals surface area contributed by atoms with E-state index in [0.717, 1.165) is 0 Å². The number of hydrogen-bond acceptors (Lipinski definition) is 5. The lowest BCUT2D eigenvalue weighted by molar-refractivity contribution is -0.144. The van der Waals surface area contributed by atoms with Crippen molar-refractivity contribution < 1.29 is 14.3 Å². The molecule has 1 aromatic heterocycles. The molecule has 1 N–H and O–H groups in total. The van der Waals surface area contributed by atoms with Gasteiger partial charge < -0.3 is 10.1 Å². The average molecular weight is 343 g/mol. The van der Waals surface area contributed by atoms with Gasteiger partial charge in [0.1, 0.15) is 6.54 Å². The SMILES string of the molecule is CCOC(=O)Cn1cc(NC(=O)c2ccc(Cl)c(Cl)c2)nn1. The highest BCUT2D eigenvalue weighted by molar-refractivity contribution is 6.42. The first-order valence-corrected chi connectivity index (χ1v) is 7.07. The van der Waals surface area contributed by atoms with Gasteiger partial charge in [-0.15, -0.1) is 5.10 Å². The van der Waals surface area contributed by atoms with E-state index in [-0.39, 0.29) is 24.0 Å². The van der Waals surface area contributed by atoms with E-state index >= 15 is 0 Å². The summed E-state index contributed by atoms with van der Waals surface area (Å²) >= 11 is 11.6. The molecule has 2 rings (SSSR count). The molecule has 0 fully saturated rings. The lowest BCUT2D eigenvalue weighted by Crippen LogP contribution is -2.14. The van der Waals surface area contributed by atoms with Crippen molar-refractivity contribution in [1.29, 1.82) is 0 Å². The Balaban J connectivity index is 2.01. The van der Waals surface area contributed by atoms with E-state index in [1.165, 1.54) is 29.1 Å². The normalized spacial score (nSPS) is 10.3. The number of nitrogens with one attached hydrogen (secondary N) is 1. The maximum atomic E-state index is 12.0. The fourth-order valence-electron chi connectivity index (χ4n) is 1.60. The Kier molecular flexibility index (Phi) is 5.35. The highest BCUT2D eigenvalue weighted by Crippen LogP contribution is 2.22. The molecule has 0 spiro atoms. The topological polar surface area (TPSA) is 86.1 Å². The van der Waals surface area contributed by atoms with Gasteiger partial charge in [0.15, 0.2) is 5.82 Å². The summed E-state index contributed by atoms with van der Waals surface area (Å²) in [6.07, 6.45) is 1.42. The van der Waals surface area contributed by atoms with Gasteiger partial charge in [-0.1, -0.05) is 28.4 Å². The van der Waals surface area contributed by atoms with Gasteiger partial charge in [-0.2, -0.15) is 0 Å². The van der Waals surface area contributed by atoms with Crippen LogP contribution in [-0.2, 0) is 16.1 Å². The molecule has 9 heteroatoms. The molecule has 0 aliphatic heterocycles. The van der Waals surface area contributed by atoms with Crippen molar-refractivity contribution in [1.82, 2.24) is 15.0 Å². The monoisotopic (exact) mass is 342 g/mol. The standard InChI is InChI=1S/C13H12Cl2N4O3/c1-2-22-12(20)7-19-6-11(17-18-19)16-13(21)8-3-4-9(14)10(15)5-8/h3-6H,2,7H2,1H3,(H,16,21). The molecule has 0 bridgehead atoms. The van der Waals surface area contributed by atoms with Crippen LogP contribution in [0.2, 0.25) is 10.0 Å². The number of carbonyl (C=O) groups is 2. The minimum absolute atomic E-state index is 0.0799. The smallest absolute Gasteiger partial charge is 0.327 e. The number of rotatable bonds is 5. The second-order valence-corrected chi connectivity index (χ2v) is 5.00. The molecule has 0 unspecified atom stereocenters. The van der Waals surface area contributed by atoms with Crippen molar-refractivity contribution in [3.05, 3.63) is 40.0 Å². The summed E-state index contributed by atoms with van der Waals surface area (Å²) in [7, 11) is 0. The number of benzene rings is 1. The van der Waals surface area contributed by atoms with Crippen molar-refractivity contribution in [3.8, 4) is 0 Å². The zero-order valence-electron chi connectivity index (χ0n) is 11.5. The summed E-state index contributed by atoms with van der Waals surface area (Å²) in [6, 6.07) is 4.51. The van der Waals surface area contributed by atoms with Crippen LogP contribution in [0.1, 0.15) is 17.3 Å². The van der Waals surface area contributed by atoms with Crippen LogP contribution >= 0.6 is 23.2 Å². The highest BCUT2D eigenvalue weighted by atomic mass is 35.5. The first-order chi connectivity index (χ1) is 10.5. The number of esters is 1. The molecule has 1 aromatic carbocycles. The zero-order chi connectivity index (χ0) is 16.1. The number of hydrogen-bond donors (Lipinski definition) is 1. The van der Waals surface area contributed by atoms with E-state index in [1.807, 2.05) is 0 Å². The lowest BCUT2D eigenvalue weighted by Gasteiger charge is -2.03. The molecular weight excluding hydrogens is 331 g/mol. The predicted molar refractivity (Wildman–Crippen MR) is 81.1 cm³/mol. The zero-order valence-corrected chi connectivity index (χ0v) is 13.1. The van der Waals surface area contributed by atoms with Gasteiger partial charge >= 0.3 is 5.97 Å². The van der Waals surface area contributed by atoms with Gasteiger partial charge in [-0.05, 0) is 25.1 Å². The molecule has 22 heavy (non-hydrogen) atoms. The van der Waals surface area contributed by atoms with Crippen molar-refractivity contribution in [3.63, 3.8) is 0 Å². The van der Waals surface area contributed by atoms with Crippen LogP contribution in [0.25, 0.3) is 0 Å². The third-order valence-corrected chi connectivity index (χ3v) is 3.30. The largest absolute Gasteiger partial charge is 0.465 e. The average Bonchev–Trinajstić information content (AvgIpc) is 2.89. The molecule has 7 nitrogen and oxygen atoms in total. The van der Waals surface area contributed by atoms with Crippen LogP contribution in [0.5, 0.6) is 0 Å². The number of ether oxygens (including phenoxy) is 1. The molecule has 116 valence electrons. The summed E-state index contributed by atoms with van der Waals surface area (Å²) in [5.41, 5.74) is 0.328. The van der Waals surface area contributed by atoms with Crippen molar-refractivity contribution >= 4 is 40.9 Å². The Morgan fingerprint density at radius 3 is 2.77 bits per heavy atom. The Hall–Kier alpha value is -2.12. The van der Waals surface area contributed by atoms with Gasteiger partial charge in [0, 0.05) is 5.56 Å². The Labute approximate surface area is 136 Å². The second-order valence-electron chi connectivity index (χ2n) is 4.19. The van der Waals surface area contributed by atoms with Gasteiger partial charge in [0.25, 0.3) is 5.91 Å². The molecule has 1 amide bonds. The Bertz CT molecular complexity index is 702. The predicted octanol–water partition coefficient (Wildman–Crippen LogP) is 2.40. The first kappa shape index (κ1) is 16.3. The van der Waals surface area contributed by atoms with Crippen LogP contribution in [0.4, 0.5) is 5.82 Å². The summed E-state index contributed by atoms with van der Waals surface area (Å²) in [4.78, 5) is 23.3. The fraction of sp³-hybridized carbons (Fsp3) is 0.231. The van der Waals surface area contributed by atoms with Crippen LogP contribution in [-0.4, -0.2) is 33.5 Å². The molecule has 0 saturated carbocycles. The van der Waals surface area contributed by atoms with E-state index < -0.39 is 11.9 Å². The van der Waals surface area contributed by atoms with Gasteiger partial charge in [0.05, 0.1) is 22.8 Å². The quantitative estimate of drug-likeness (QED) is 0.843. The second kappa shape index (κ2) is 7.24. The molecule has 0 aliphatic rings. The summed E-state index contributed by atoms with van der Waals surface area (Å²) < 4.78 is 6.05. The van der Waals surface area contributed by atoms with Gasteiger partial charge in [0.2, 0.25) is 0 Å². The molecular formula is C13H12Cl2N4O3. The van der Waals surface area contributed by atoms with E-state index in [4.69, 9.17) is 27.9 Å². The molecule has 2 aromatic rings. The van der Waals surface area contributed by atoms with Gasteiger partial charge in [-0.3, -0.25) is 9.59 Å². The third-order valence-electron chi connectivity index (χ3n) is 2.56. The number of aromatic nitrogens is 3. The van der Waals surface area contributed by atoms with E-state index in [9.17, 15) is 9.59 Å². The number of halogens is 2. The summed E-state index contributed by atoms with van der Waals surface area (Å²) in [5.74, 6) is -0.642.